The van der Waals surface area contributed by atoms with E-state index >= 15 is 0 Å². The summed E-state index contributed by atoms with van der Waals surface area (Å²) in [5.41, 5.74) is 5.43. The van der Waals surface area contributed by atoms with Crippen molar-refractivity contribution in [2.75, 3.05) is 0 Å². The molecule has 1 aliphatic carbocycles. The Hall–Kier alpha value is 0.550. The fourth-order valence-electron chi connectivity index (χ4n) is 1.13. The van der Waals surface area contributed by atoms with Gasteiger partial charge in [-0.05, 0) is 6.42 Å². The van der Waals surface area contributed by atoms with Crippen molar-refractivity contribution in [2.24, 2.45) is 5.73 Å². The lowest BCUT2D eigenvalue weighted by atomic mass is 9.93. The van der Waals surface area contributed by atoms with E-state index in [-0.39, 0.29) is 10.3 Å². The largest absolute Gasteiger partial charge is 0.324 e. The second-order valence-electron chi connectivity index (χ2n) is 2.68. The van der Waals surface area contributed by atoms with Crippen LogP contribution in [0, 0.1) is 0 Å². The van der Waals surface area contributed by atoms with Gasteiger partial charge in [0.1, 0.15) is 12.3 Å². The van der Waals surface area contributed by atoms with Crippen LogP contribution in [0.1, 0.15) is 12.8 Å². The number of rotatable bonds is 0. The van der Waals surface area contributed by atoms with Crippen molar-refractivity contribution in [3.8, 4) is 0 Å². The Bertz CT molecular complexity index is 110. The molecule has 2 N–H and O–H groups in total. The summed E-state index contributed by atoms with van der Waals surface area (Å²) in [7, 11) is 0. The van der Waals surface area contributed by atoms with Crippen molar-refractivity contribution < 1.29 is 8.78 Å². The van der Waals surface area contributed by atoms with E-state index in [0.29, 0.717) is 6.42 Å². The van der Waals surface area contributed by atoms with Gasteiger partial charge in [-0.25, -0.2) is 8.78 Å². The second kappa shape index (κ2) is 3.30. The minimum atomic E-state index is -1.15. The topological polar surface area (TPSA) is 26.0 Å². The molecule has 0 saturated heterocycles. The zero-order valence-electron chi connectivity index (χ0n) is 5.43. The third kappa shape index (κ3) is 1.78. The maximum Gasteiger partial charge on any atom is 0.119 e. The highest BCUT2D eigenvalue weighted by Gasteiger charge is 2.34. The van der Waals surface area contributed by atoms with Crippen LogP contribution in [-0.4, -0.2) is 22.3 Å². The van der Waals surface area contributed by atoms with Gasteiger partial charge < -0.3 is 5.73 Å². The predicted molar refractivity (Wildman–Crippen MR) is 44.8 cm³/mol. The van der Waals surface area contributed by atoms with Crippen LogP contribution in [0.4, 0.5) is 8.78 Å². The van der Waals surface area contributed by atoms with Crippen LogP contribution >= 0.6 is 22.6 Å². The van der Waals surface area contributed by atoms with Crippen LogP contribution in [0.3, 0.4) is 0 Å². The molecule has 1 nitrogen and oxygen atoms in total. The minimum Gasteiger partial charge on any atom is -0.324 e. The van der Waals surface area contributed by atoms with Crippen molar-refractivity contribution >= 4 is 22.6 Å². The monoisotopic (exact) mass is 261 g/mol. The molecule has 1 fully saturated rings. The van der Waals surface area contributed by atoms with E-state index in [1.165, 1.54) is 0 Å². The fourth-order valence-corrected chi connectivity index (χ4v) is 2.13. The zero-order valence-corrected chi connectivity index (χ0v) is 7.59. The number of alkyl halides is 3. The smallest absolute Gasteiger partial charge is 0.119 e. The van der Waals surface area contributed by atoms with E-state index in [2.05, 4.69) is 0 Å². The van der Waals surface area contributed by atoms with E-state index in [1.54, 1.807) is 0 Å². The maximum absolute atomic E-state index is 12.7. The summed E-state index contributed by atoms with van der Waals surface area (Å²) in [6, 6.07) is -0.465. The Morgan fingerprint density at radius 1 is 1.30 bits per heavy atom. The minimum absolute atomic E-state index is 0.0132. The lowest BCUT2D eigenvalue weighted by Crippen LogP contribution is -2.46. The Labute approximate surface area is 72.5 Å². The predicted octanol–water partition coefficient (Wildman–Crippen LogP) is 1.59. The number of hydrogen-bond acceptors (Lipinski definition) is 1. The molecule has 1 rings (SSSR count). The summed E-state index contributed by atoms with van der Waals surface area (Å²) in [4.78, 5) is 0. The molecule has 60 valence electrons. The third-order valence-electron chi connectivity index (χ3n) is 1.80. The summed E-state index contributed by atoms with van der Waals surface area (Å²) < 4.78 is 25.2. The summed E-state index contributed by atoms with van der Waals surface area (Å²) >= 11 is 2.01. The Balaban J connectivity index is 2.49. The van der Waals surface area contributed by atoms with Gasteiger partial charge in [0.15, 0.2) is 0 Å². The molecule has 0 aromatic rings. The van der Waals surface area contributed by atoms with Gasteiger partial charge in [0.2, 0.25) is 0 Å². The standard InChI is InChI=1S/C6H10F2IN/c7-3-1-4(8)6(10)5(9)2-3/h3-6H,1-2,10H2. The summed E-state index contributed by atoms with van der Waals surface area (Å²) in [6.45, 7) is 0. The highest BCUT2D eigenvalue weighted by molar-refractivity contribution is 14.1. The van der Waals surface area contributed by atoms with Gasteiger partial charge in [-0.15, -0.1) is 0 Å². The van der Waals surface area contributed by atoms with Gasteiger partial charge in [-0.3, -0.25) is 0 Å². The number of hydrogen-bond donors (Lipinski definition) is 1. The molecule has 4 atom stereocenters. The van der Waals surface area contributed by atoms with Gasteiger partial charge in [-0.2, -0.15) is 0 Å². The van der Waals surface area contributed by atoms with E-state index in [4.69, 9.17) is 5.73 Å². The lowest BCUT2D eigenvalue weighted by Gasteiger charge is -2.29. The van der Waals surface area contributed by atoms with Crippen molar-refractivity contribution in [1.82, 2.24) is 0 Å². The van der Waals surface area contributed by atoms with Gasteiger partial charge in [0.25, 0.3) is 0 Å². The van der Waals surface area contributed by atoms with Crippen LogP contribution in [0.5, 0.6) is 0 Å². The van der Waals surface area contributed by atoms with E-state index in [9.17, 15) is 8.78 Å². The first-order valence-corrected chi connectivity index (χ1v) is 4.53. The van der Waals surface area contributed by atoms with Crippen LogP contribution < -0.4 is 5.73 Å². The summed E-state index contributed by atoms with van der Waals surface area (Å²) in [5, 5.41) is 0. The molecule has 0 bridgehead atoms. The molecule has 10 heavy (non-hydrogen) atoms. The molecule has 1 saturated carbocycles. The summed E-state index contributed by atoms with van der Waals surface area (Å²) in [6.07, 6.45) is -1.75. The van der Waals surface area contributed by atoms with Gasteiger partial charge in [-0.1, -0.05) is 22.6 Å². The molecule has 0 aromatic heterocycles. The van der Waals surface area contributed by atoms with Gasteiger partial charge in [0, 0.05) is 16.4 Å². The first-order chi connectivity index (χ1) is 4.61. The lowest BCUT2D eigenvalue weighted by molar-refractivity contribution is 0.146. The quantitative estimate of drug-likeness (QED) is 0.520. The molecule has 0 spiro atoms. The SMILES string of the molecule is NC1C(F)CC(F)CC1I. The first kappa shape index (κ1) is 8.64. The molecular weight excluding hydrogens is 251 g/mol. The van der Waals surface area contributed by atoms with Crippen molar-refractivity contribution in [2.45, 2.75) is 35.2 Å². The van der Waals surface area contributed by atoms with E-state index < -0.39 is 18.4 Å². The molecule has 0 heterocycles. The Morgan fingerprint density at radius 2 is 1.90 bits per heavy atom. The van der Waals surface area contributed by atoms with Crippen LogP contribution in [-0.2, 0) is 0 Å². The molecule has 0 aromatic carbocycles. The van der Waals surface area contributed by atoms with Gasteiger partial charge >= 0.3 is 0 Å². The molecule has 0 amide bonds. The molecular formula is C6H10F2IN. The van der Waals surface area contributed by atoms with Gasteiger partial charge in [0.05, 0.1) is 0 Å². The van der Waals surface area contributed by atoms with Crippen molar-refractivity contribution in [3.63, 3.8) is 0 Å². The zero-order chi connectivity index (χ0) is 7.72. The second-order valence-corrected chi connectivity index (χ2v) is 4.28. The molecule has 0 aliphatic heterocycles. The highest BCUT2D eigenvalue weighted by Crippen LogP contribution is 2.28. The first-order valence-electron chi connectivity index (χ1n) is 3.29. The average molecular weight is 261 g/mol. The Kier molecular flexibility index (Phi) is 2.85. The molecule has 0 radical (unpaired) electrons. The van der Waals surface area contributed by atoms with Crippen LogP contribution in [0.25, 0.3) is 0 Å². The van der Waals surface area contributed by atoms with Crippen molar-refractivity contribution in [3.05, 3.63) is 0 Å². The van der Waals surface area contributed by atoms with E-state index in [1.807, 2.05) is 22.6 Å². The van der Waals surface area contributed by atoms with Crippen LogP contribution in [0.15, 0.2) is 0 Å². The van der Waals surface area contributed by atoms with Crippen molar-refractivity contribution in [1.29, 1.82) is 0 Å². The molecule has 4 heteroatoms. The molecule has 4 unspecified atom stereocenters. The molecule has 1 aliphatic rings. The van der Waals surface area contributed by atoms with Crippen LogP contribution in [0.2, 0.25) is 0 Å². The third-order valence-corrected chi connectivity index (χ3v) is 3.14. The Morgan fingerprint density at radius 3 is 2.40 bits per heavy atom. The number of nitrogens with two attached hydrogens (primary N) is 1. The summed E-state index contributed by atoms with van der Waals surface area (Å²) in [5.74, 6) is 0. The normalized spacial score (nSPS) is 49.2. The fraction of sp³-hybridized carbons (Fsp3) is 1.00. The average Bonchev–Trinajstić information content (AvgIpc) is 1.82. The highest BCUT2D eigenvalue weighted by atomic mass is 127. The van der Waals surface area contributed by atoms with E-state index in [0.717, 1.165) is 0 Å². The number of halogens is 3. The maximum atomic E-state index is 12.7.